The van der Waals surface area contributed by atoms with Gasteiger partial charge in [0.2, 0.25) is 0 Å². The predicted octanol–water partition coefficient (Wildman–Crippen LogP) is 0.0781. The lowest BCUT2D eigenvalue weighted by atomic mass is 10.3. The highest BCUT2D eigenvalue weighted by Gasteiger charge is 2.12. The number of H-pyrrole nitrogens is 1. The van der Waals surface area contributed by atoms with Gasteiger partial charge in [0.25, 0.3) is 5.56 Å². The van der Waals surface area contributed by atoms with Crippen LogP contribution in [-0.2, 0) is 16.0 Å². The van der Waals surface area contributed by atoms with Crippen molar-refractivity contribution in [1.29, 1.82) is 0 Å². The highest BCUT2D eigenvalue weighted by molar-refractivity contribution is 5.88. The Morgan fingerprint density at radius 3 is 2.69 bits per heavy atom. The van der Waals surface area contributed by atoms with Gasteiger partial charge >= 0.3 is 5.97 Å². The van der Waals surface area contributed by atoms with Gasteiger partial charge < -0.3 is 9.72 Å². The third-order valence-corrected chi connectivity index (χ3v) is 1.76. The molecule has 1 aromatic heterocycles. The van der Waals surface area contributed by atoms with Crippen LogP contribution in [0.4, 0.5) is 0 Å². The summed E-state index contributed by atoms with van der Waals surface area (Å²) in [7, 11) is 0. The Morgan fingerprint density at radius 2 is 2.19 bits per heavy atom. The maximum Gasteiger partial charge on any atom is 0.345 e. The van der Waals surface area contributed by atoms with Crippen LogP contribution in [0, 0.1) is 0 Å². The van der Waals surface area contributed by atoms with Gasteiger partial charge in [-0.2, -0.15) is 0 Å². The van der Waals surface area contributed by atoms with Gasteiger partial charge in [0.1, 0.15) is 17.2 Å². The number of hydrogen-bond acceptors (Lipinski definition) is 5. The Bertz CT molecular complexity index is 464. The Hall–Kier alpha value is -1.98. The number of aromatic nitrogens is 2. The molecule has 0 aliphatic heterocycles. The number of carbonyl (C=O) groups is 2. The summed E-state index contributed by atoms with van der Waals surface area (Å²) in [5.74, 6) is -0.594. The quantitative estimate of drug-likeness (QED) is 0.731. The van der Waals surface area contributed by atoms with Crippen LogP contribution in [0.15, 0.2) is 11.0 Å². The summed E-state index contributed by atoms with van der Waals surface area (Å²) in [6, 6.07) is 0. The third kappa shape index (κ3) is 3.01. The van der Waals surface area contributed by atoms with E-state index in [4.69, 9.17) is 0 Å². The van der Waals surface area contributed by atoms with Gasteiger partial charge in [0, 0.05) is 6.20 Å². The average molecular weight is 224 g/mol. The Labute approximate surface area is 91.7 Å². The van der Waals surface area contributed by atoms with Crippen molar-refractivity contribution in [1.82, 2.24) is 9.97 Å². The van der Waals surface area contributed by atoms with Crippen LogP contribution in [0.25, 0.3) is 0 Å². The number of rotatable bonds is 4. The second-order valence-corrected chi connectivity index (χ2v) is 3.17. The molecule has 0 fully saturated rings. The molecule has 0 saturated heterocycles. The molecule has 0 amide bonds. The summed E-state index contributed by atoms with van der Waals surface area (Å²) in [6.45, 7) is 3.22. The molecule has 0 bridgehead atoms. The van der Waals surface area contributed by atoms with Crippen LogP contribution in [0.5, 0.6) is 0 Å². The number of aromatic amines is 1. The van der Waals surface area contributed by atoms with Crippen molar-refractivity contribution in [2.45, 2.75) is 20.3 Å². The molecule has 1 heterocycles. The molecule has 6 heteroatoms. The number of ether oxygens (including phenoxy) is 1. The van der Waals surface area contributed by atoms with Crippen LogP contribution in [-0.4, -0.2) is 28.3 Å². The van der Waals surface area contributed by atoms with Crippen molar-refractivity contribution >= 4 is 11.8 Å². The number of Topliss-reactive ketones (excluding diaryl/α,β-unsaturated/α-hetero) is 1. The summed E-state index contributed by atoms with van der Waals surface area (Å²) in [4.78, 5) is 39.6. The van der Waals surface area contributed by atoms with Gasteiger partial charge in [-0.25, -0.2) is 9.78 Å². The molecule has 6 nitrogen and oxygen atoms in total. The molecule has 86 valence electrons. The zero-order chi connectivity index (χ0) is 12.1. The van der Waals surface area contributed by atoms with Crippen molar-refractivity contribution in [2.24, 2.45) is 0 Å². The van der Waals surface area contributed by atoms with Crippen LogP contribution in [0.2, 0.25) is 0 Å². The predicted molar refractivity (Wildman–Crippen MR) is 55.2 cm³/mol. The second-order valence-electron chi connectivity index (χ2n) is 3.17. The molecular weight excluding hydrogens is 212 g/mol. The SMILES string of the molecule is CCOC(=O)c1cnc(CC(C)=O)[nH]c1=O. The molecule has 0 spiro atoms. The lowest BCUT2D eigenvalue weighted by Gasteiger charge is -2.01. The molecule has 1 N–H and O–H groups in total. The van der Waals surface area contributed by atoms with E-state index in [1.807, 2.05) is 0 Å². The average Bonchev–Trinajstić information content (AvgIpc) is 2.16. The normalized spacial score (nSPS) is 9.88. The van der Waals surface area contributed by atoms with Gasteiger partial charge in [0.05, 0.1) is 13.0 Å². The molecule has 1 aromatic rings. The van der Waals surface area contributed by atoms with Crippen molar-refractivity contribution < 1.29 is 14.3 Å². The van der Waals surface area contributed by atoms with E-state index in [1.165, 1.54) is 6.92 Å². The van der Waals surface area contributed by atoms with Crippen molar-refractivity contribution in [3.05, 3.63) is 27.9 Å². The Balaban J connectivity index is 2.96. The minimum atomic E-state index is -0.717. The van der Waals surface area contributed by atoms with E-state index in [9.17, 15) is 14.4 Å². The molecule has 0 saturated carbocycles. The fourth-order valence-corrected chi connectivity index (χ4v) is 1.11. The molecule has 0 aliphatic rings. The van der Waals surface area contributed by atoms with E-state index in [1.54, 1.807) is 6.92 Å². The van der Waals surface area contributed by atoms with Crippen LogP contribution < -0.4 is 5.56 Å². The fourth-order valence-electron chi connectivity index (χ4n) is 1.11. The fraction of sp³-hybridized carbons (Fsp3) is 0.400. The maximum atomic E-state index is 11.4. The van der Waals surface area contributed by atoms with Crippen LogP contribution in [0.1, 0.15) is 30.0 Å². The summed E-state index contributed by atoms with van der Waals surface area (Å²) < 4.78 is 4.66. The first-order chi connectivity index (χ1) is 7.54. The van der Waals surface area contributed by atoms with E-state index in [2.05, 4.69) is 14.7 Å². The molecule has 0 unspecified atom stereocenters. The standard InChI is InChI=1S/C10H12N2O4/c1-3-16-10(15)7-5-11-8(4-6(2)13)12-9(7)14/h5H,3-4H2,1-2H3,(H,11,12,14). The van der Waals surface area contributed by atoms with Gasteiger partial charge in [-0.05, 0) is 13.8 Å². The number of esters is 1. The van der Waals surface area contributed by atoms with E-state index in [0.717, 1.165) is 6.20 Å². The van der Waals surface area contributed by atoms with Crippen molar-refractivity contribution in [2.75, 3.05) is 6.61 Å². The van der Waals surface area contributed by atoms with Gasteiger partial charge in [-0.3, -0.25) is 9.59 Å². The monoisotopic (exact) mass is 224 g/mol. The molecular formula is C10H12N2O4. The summed E-state index contributed by atoms with van der Waals surface area (Å²) >= 11 is 0. The topological polar surface area (TPSA) is 89.1 Å². The van der Waals surface area contributed by atoms with E-state index >= 15 is 0 Å². The number of nitrogens with one attached hydrogen (secondary N) is 1. The first-order valence-electron chi connectivity index (χ1n) is 4.79. The highest BCUT2D eigenvalue weighted by Crippen LogP contribution is 1.95. The zero-order valence-corrected chi connectivity index (χ0v) is 9.07. The van der Waals surface area contributed by atoms with Crippen LogP contribution in [0.3, 0.4) is 0 Å². The second kappa shape index (κ2) is 5.20. The largest absolute Gasteiger partial charge is 0.462 e. The molecule has 0 aliphatic carbocycles. The Kier molecular flexibility index (Phi) is 3.93. The highest BCUT2D eigenvalue weighted by atomic mass is 16.5. The maximum absolute atomic E-state index is 11.4. The smallest absolute Gasteiger partial charge is 0.345 e. The first-order valence-corrected chi connectivity index (χ1v) is 4.79. The first kappa shape index (κ1) is 12.1. The lowest BCUT2D eigenvalue weighted by molar-refractivity contribution is -0.116. The van der Waals surface area contributed by atoms with Crippen LogP contribution >= 0.6 is 0 Å². The molecule has 1 rings (SSSR count). The van der Waals surface area contributed by atoms with E-state index < -0.39 is 11.5 Å². The van der Waals surface area contributed by atoms with Crippen molar-refractivity contribution in [3.63, 3.8) is 0 Å². The third-order valence-electron chi connectivity index (χ3n) is 1.76. The summed E-state index contributed by atoms with van der Waals surface area (Å²) in [5, 5.41) is 0. The Morgan fingerprint density at radius 1 is 1.50 bits per heavy atom. The lowest BCUT2D eigenvalue weighted by Crippen LogP contribution is -2.22. The number of ketones is 1. The van der Waals surface area contributed by atoms with E-state index in [0.29, 0.717) is 0 Å². The van der Waals surface area contributed by atoms with Crippen molar-refractivity contribution in [3.8, 4) is 0 Å². The van der Waals surface area contributed by atoms with Gasteiger partial charge in [-0.1, -0.05) is 0 Å². The van der Waals surface area contributed by atoms with Gasteiger partial charge in [-0.15, -0.1) is 0 Å². The zero-order valence-electron chi connectivity index (χ0n) is 9.07. The number of nitrogens with zero attached hydrogens (tertiary/aromatic N) is 1. The molecule has 0 radical (unpaired) electrons. The van der Waals surface area contributed by atoms with Gasteiger partial charge in [0.15, 0.2) is 0 Å². The minimum absolute atomic E-state index is 0.0400. The molecule has 0 atom stereocenters. The molecule has 16 heavy (non-hydrogen) atoms. The number of hydrogen-bond donors (Lipinski definition) is 1. The summed E-state index contributed by atoms with van der Waals surface area (Å²) in [5.41, 5.74) is -0.751. The minimum Gasteiger partial charge on any atom is -0.462 e. The summed E-state index contributed by atoms with van der Waals surface area (Å²) in [6.07, 6.45) is 1.16. The van der Waals surface area contributed by atoms with E-state index in [-0.39, 0.29) is 30.2 Å². The number of carbonyl (C=O) groups excluding carboxylic acids is 2. The molecule has 0 aromatic carbocycles.